The van der Waals surface area contributed by atoms with Gasteiger partial charge in [0, 0.05) is 25.6 Å². The summed E-state index contributed by atoms with van der Waals surface area (Å²) >= 11 is 0. The van der Waals surface area contributed by atoms with E-state index >= 15 is 0 Å². The lowest BCUT2D eigenvalue weighted by Crippen LogP contribution is -2.30. The fourth-order valence-corrected chi connectivity index (χ4v) is 1.62. The lowest BCUT2D eigenvalue weighted by Gasteiger charge is -2.13. The number of hydrogen-bond donors (Lipinski definition) is 2. The van der Waals surface area contributed by atoms with Crippen molar-refractivity contribution in [2.24, 2.45) is 12.9 Å². The normalized spacial score (nSPS) is 12.6. The predicted octanol–water partition coefficient (Wildman–Crippen LogP) is 0.266. The molecule has 1 atom stereocenters. The fourth-order valence-electron chi connectivity index (χ4n) is 1.62. The third-order valence-corrected chi connectivity index (χ3v) is 2.51. The first kappa shape index (κ1) is 11.7. The Balaban J connectivity index is 2.13. The van der Waals surface area contributed by atoms with Crippen molar-refractivity contribution in [2.75, 3.05) is 0 Å². The minimum atomic E-state index is -0.0974. The highest BCUT2D eigenvalue weighted by molar-refractivity contribution is 5.11. The molecule has 2 aromatic rings. The molecule has 0 aliphatic heterocycles. The molecule has 0 saturated heterocycles. The van der Waals surface area contributed by atoms with Gasteiger partial charge in [0.05, 0.1) is 12.2 Å². The zero-order valence-corrected chi connectivity index (χ0v) is 9.96. The van der Waals surface area contributed by atoms with Crippen molar-refractivity contribution in [3.8, 4) is 0 Å². The highest BCUT2D eigenvalue weighted by Gasteiger charge is 2.14. The first-order valence-electron chi connectivity index (χ1n) is 5.41. The standard InChI is InChI=1S/C11H16N6/c1-8-4-13-11(14-5-8)10(16-12)3-9-6-15-17(2)7-9/h4-7,10,16H,3,12H2,1-2H3. The summed E-state index contributed by atoms with van der Waals surface area (Å²) in [6.07, 6.45) is 8.07. The molecule has 2 rings (SSSR count). The van der Waals surface area contributed by atoms with E-state index in [1.807, 2.05) is 26.4 Å². The molecule has 2 aromatic heterocycles. The second-order valence-electron chi connectivity index (χ2n) is 4.06. The van der Waals surface area contributed by atoms with Crippen LogP contribution >= 0.6 is 0 Å². The zero-order chi connectivity index (χ0) is 12.3. The molecule has 0 fully saturated rings. The fraction of sp³-hybridized carbons (Fsp3) is 0.364. The van der Waals surface area contributed by atoms with E-state index < -0.39 is 0 Å². The first-order valence-corrected chi connectivity index (χ1v) is 5.41. The van der Waals surface area contributed by atoms with Crippen molar-refractivity contribution in [1.29, 1.82) is 0 Å². The Hall–Kier alpha value is -1.79. The van der Waals surface area contributed by atoms with Gasteiger partial charge in [0.2, 0.25) is 0 Å². The van der Waals surface area contributed by atoms with Crippen molar-refractivity contribution in [3.05, 3.63) is 41.7 Å². The van der Waals surface area contributed by atoms with Gasteiger partial charge in [-0.1, -0.05) is 0 Å². The molecule has 3 N–H and O–H groups in total. The summed E-state index contributed by atoms with van der Waals surface area (Å²) in [5, 5.41) is 4.12. The van der Waals surface area contributed by atoms with Crippen molar-refractivity contribution in [1.82, 2.24) is 25.2 Å². The molecule has 1 unspecified atom stereocenters. The number of nitrogens with one attached hydrogen (secondary N) is 1. The maximum absolute atomic E-state index is 5.54. The first-order chi connectivity index (χ1) is 8.19. The molecule has 17 heavy (non-hydrogen) atoms. The SMILES string of the molecule is Cc1cnc(C(Cc2cnn(C)c2)NN)nc1. The molecule has 0 aromatic carbocycles. The highest BCUT2D eigenvalue weighted by atomic mass is 15.3. The van der Waals surface area contributed by atoms with Crippen LogP contribution in [0, 0.1) is 6.92 Å². The third kappa shape index (κ3) is 2.86. The summed E-state index contributed by atoms with van der Waals surface area (Å²) in [5.41, 5.74) is 4.86. The van der Waals surface area contributed by atoms with E-state index in [1.54, 1.807) is 17.1 Å². The molecule has 0 radical (unpaired) electrons. The maximum Gasteiger partial charge on any atom is 0.146 e. The van der Waals surface area contributed by atoms with E-state index in [0.717, 1.165) is 11.1 Å². The van der Waals surface area contributed by atoms with Crippen molar-refractivity contribution in [3.63, 3.8) is 0 Å². The highest BCUT2D eigenvalue weighted by Crippen LogP contribution is 2.13. The van der Waals surface area contributed by atoms with Gasteiger partial charge in [-0.25, -0.2) is 15.4 Å². The molecule has 2 heterocycles. The van der Waals surface area contributed by atoms with E-state index in [4.69, 9.17) is 5.84 Å². The van der Waals surface area contributed by atoms with Crippen LogP contribution in [0.5, 0.6) is 0 Å². The van der Waals surface area contributed by atoms with Gasteiger partial charge in [-0.15, -0.1) is 0 Å². The van der Waals surface area contributed by atoms with Crippen LogP contribution in [0.1, 0.15) is 23.0 Å². The van der Waals surface area contributed by atoms with Crippen LogP contribution < -0.4 is 11.3 Å². The summed E-state index contributed by atoms with van der Waals surface area (Å²) in [7, 11) is 1.89. The second-order valence-corrected chi connectivity index (χ2v) is 4.06. The molecular formula is C11H16N6. The molecular weight excluding hydrogens is 216 g/mol. The largest absolute Gasteiger partial charge is 0.276 e. The summed E-state index contributed by atoms with van der Waals surface area (Å²) in [5.74, 6) is 6.24. The van der Waals surface area contributed by atoms with Crippen LogP contribution in [-0.2, 0) is 13.5 Å². The summed E-state index contributed by atoms with van der Waals surface area (Å²) in [4.78, 5) is 8.54. The average molecular weight is 232 g/mol. The molecule has 90 valence electrons. The Morgan fingerprint density at radius 2 is 2.06 bits per heavy atom. The van der Waals surface area contributed by atoms with Crippen LogP contribution in [0.3, 0.4) is 0 Å². The van der Waals surface area contributed by atoms with Gasteiger partial charge < -0.3 is 0 Å². The monoisotopic (exact) mass is 232 g/mol. The van der Waals surface area contributed by atoms with E-state index in [-0.39, 0.29) is 6.04 Å². The summed E-state index contributed by atoms with van der Waals surface area (Å²) in [6, 6.07) is -0.0974. The Labute approximate surface area is 99.9 Å². The molecule has 6 nitrogen and oxygen atoms in total. The quantitative estimate of drug-likeness (QED) is 0.584. The average Bonchev–Trinajstić information content (AvgIpc) is 2.73. The number of nitrogens with zero attached hydrogens (tertiary/aromatic N) is 4. The number of nitrogens with two attached hydrogens (primary N) is 1. The summed E-state index contributed by atoms with van der Waals surface area (Å²) in [6.45, 7) is 1.95. The molecule has 0 aliphatic rings. The zero-order valence-electron chi connectivity index (χ0n) is 9.96. The number of aromatic nitrogens is 4. The van der Waals surface area contributed by atoms with Crippen LogP contribution in [0.15, 0.2) is 24.8 Å². The molecule has 0 spiro atoms. The van der Waals surface area contributed by atoms with Crippen molar-refractivity contribution >= 4 is 0 Å². The third-order valence-electron chi connectivity index (χ3n) is 2.51. The molecule has 0 amide bonds. The Morgan fingerprint density at radius 3 is 2.59 bits per heavy atom. The Kier molecular flexibility index (Phi) is 3.46. The number of hydrazine groups is 1. The van der Waals surface area contributed by atoms with E-state index in [0.29, 0.717) is 12.2 Å². The second kappa shape index (κ2) is 5.03. The molecule has 0 aliphatic carbocycles. The minimum absolute atomic E-state index is 0.0974. The Bertz CT molecular complexity index is 475. The smallest absolute Gasteiger partial charge is 0.146 e. The molecule has 6 heteroatoms. The van der Waals surface area contributed by atoms with Gasteiger partial charge >= 0.3 is 0 Å². The van der Waals surface area contributed by atoms with Gasteiger partial charge in [-0.05, 0) is 24.5 Å². The van der Waals surface area contributed by atoms with E-state index in [9.17, 15) is 0 Å². The van der Waals surface area contributed by atoms with E-state index in [1.165, 1.54) is 0 Å². The molecule has 0 saturated carbocycles. The minimum Gasteiger partial charge on any atom is -0.276 e. The van der Waals surface area contributed by atoms with Crippen molar-refractivity contribution < 1.29 is 0 Å². The lowest BCUT2D eigenvalue weighted by atomic mass is 10.1. The van der Waals surface area contributed by atoms with Crippen LogP contribution in [0.25, 0.3) is 0 Å². The number of rotatable bonds is 4. The number of hydrogen-bond acceptors (Lipinski definition) is 5. The van der Waals surface area contributed by atoms with Gasteiger partial charge in [0.1, 0.15) is 5.82 Å². The van der Waals surface area contributed by atoms with Gasteiger partial charge in [-0.3, -0.25) is 10.5 Å². The van der Waals surface area contributed by atoms with Crippen molar-refractivity contribution in [2.45, 2.75) is 19.4 Å². The van der Waals surface area contributed by atoms with Gasteiger partial charge in [0.25, 0.3) is 0 Å². The van der Waals surface area contributed by atoms with Gasteiger partial charge in [-0.2, -0.15) is 5.10 Å². The predicted molar refractivity (Wildman–Crippen MR) is 63.7 cm³/mol. The summed E-state index contributed by atoms with van der Waals surface area (Å²) < 4.78 is 1.76. The maximum atomic E-state index is 5.54. The Morgan fingerprint density at radius 1 is 1.35 bits per heavy atom. The van der Waals surface area contributed by atoms with Gasteiger partial charge in [0.15, 0.2) is 0 Å². The number of aryl methyl sites for hydroxylation is 2. The van der Waals surface area contributed by atoms with Crippen LogP contribution in [-0.4, -0.2) is 19.7 Å². The lowest BCUT2D eigenvalue weighted by molar-refractivity contribution is 0.522. The van der Waals surface area contributed by atoms with Crippen LogP contribution in [0.4, 0.5) is 0 Å². The topological polar surface area (TPSA) is 81.7 Å². The van der Waals surface area contributed by atoms with E-state index in [2.05, 4.69) is 20.5 Å². The molecule has 0 bridgehead atoms. The van der Waals surface area contributed by atoms with Crippen LogP contribution in [0.2, 0.25) is 0 Å².